The third-order valence-electron chi connectivity index (χ3n) is 3.29. The van der Waals surface area contributed by atoms with Crippen LogP contribution in [0.4, 0.5) is 24.9 Å². The van der Waals surface area contributed by atoms with Crippen LogP contribution in [0.2, 0.25) is 0 Å². The molecule has 1 aliphatic rings. The maximum atomic E-state index is 12.9. The van der Waals surface area contributed by atoms with E-state index < -0.39 is 11.9 Å². The molecule has 5 nitrogen and oxygen atoms in total. The molecule has 0 aliphatic carbocycles. The molecule has 1 aromatic heterocycles. The number of aliphatic hydroxyl groups excluding tert-OH is 1. The van der Waals surface area contributed by atoms with Crippen LogP contribution in [-0.2, 0) is 6.18 Å². The summed E-state index contributed by atoms with van der Waals surface area (Å²) in [5, 5.41) is 9.28. The Bertz CT molecular complexity index is 478. The Hall–Kier alpha value is -1.57. The van der Waals surface area contributed by atoms with E-state index in [4.69, 9.17) is 0 Å². The van der Waals surface area contributed by atoms with Gasteiger partial charge in [-0.25, -0.2) is 4.98 Å². The van der Waals surface area contributed by atoms with Crippen molar-refractivity contribution >= 4 is 11.8 Å². The lowest BCUT2D eigenvalue weighted by atomic mass is 10.2. The van der Waals surface area contributed by atoms with Crippen LogP contribution in [0, 0.1) is 0 Å². The van der Waals surface area contributed by atoms with E-state index in [-0.39, 0.29) is 24.4 Å². The summed E-state index contributed by atoms with van der Waals surface area (Å²) in [5.41, 5.74) is -0.963. The molecular weight excluding hydrogens is 273 g/mol. The molecule has 1 aromatic rings. The number of hydrogen-bond donors (Lipinski definition) is 1. The van der Waals surface area contributed by atoms with Gasteiger partial charge < -0.3 is 14.9 Å². The van der Waals surface area contributed by atoms with Gasteiger partial charge in [-0.1, -0.05) is 0 Å². The van der Waals surface area contributed by atoms with Crippen molar-refractivity contribution < 1.29 is 18.3 Å². The second-order valence-corrected chi connectivity index (χ2v) is 4.98. The SMILES string of the molecule is CN(C)c1cc(C(F)(F)F)nc(N2CCC[C@H]2CO)n1. The lowest BCUT2D eigenvalue weighted by molar-refractivity contribution is -0.141. The number of aliphatic hydroxyl groups is 1. The third kappa shape index (κ3) is 2.95. The Morgan fingerprint density at radius 3 is 2.65 bits per heavy atom. The molecule has 1 N–H and O–H groups in total. The molecule has 1 fully saturated rings. The molecule has 2 heterocycles. The summed E-state index contributed by atoms with van der Waals surface area (Å²) in [4.78, 5) is 10.9. The van der Waals surface area contributed by atoms with Gasteiger partial charge >= 0.3 is 6.18 Å². The first-order valence-electron chi connectivity index (χ1n) is 6.34. The van der Waals surface area contributed by atoms with Crippen LogP contribution in [-0.4, -0.2) is 48.4 Å². The van der Waals surface area contributed by atoms with Gasteiger partial charge in [0.25, 0.3) is 0 Å². The van der Waals surface area contributed by atoms with E-state index in [0.29, 0.717) is 6.54 Å². The molecule has 0 unspecified atom stereocenters. The van der Waals surface area contributed by atoms with Crippen molar-refractivity contribution in [2.24, 2.45) is 0 Å². The van der Waals surface area contributed by atoms with Crippen molar-refractivity contribution in [3.8, 4) is 0 Å². The smallest absolute Gasteiger partial charge is 0.394 e. The molecule has 112 valence electrons. The lowest BCUT2D eigenvalue weighted by Gasteiger charge is -2.25. The van der Waals surface area contributed by atoms with E-state index in [2.05, 4.69) is 9.97 Å². The Balaban J connectivity index is 2.44. The second-order valence-electron chi connectivity index (χ2n) is 4.98. The molecule has 0 aromatic carbocycles. The van der Waals surface area contributed by atoms with E-state index >= 15 is 0 Å². The van der Waals surface area contributed by atoms with Gasteiger partial charge in [-0.3, -0.25) is 0 Å². The summed E-state index contributed by atoms with van der Waals surface area (Å²) in [5.74, 6) is 0.228. The fourth-order valence-corrected chi connectivity index (χ4v) is 2.21. The number of halogens is 3. The van der Waals surface area contributed by atoms with E-state index in [1.165, 1.54) is 4.90 Å². The summed E-state index contributed by atoms with van der Waals surface area (Å²) in [6, 6.07) is 0.710. The van der Waals surface area contributed by atoms with Crippen molar-refractivity contribution in [3.05, 3.63) is 11.8 Å². The fraction of sp³-hybridized carbons (Fsp3) is 0.667. The molecule has 1 atom stereocenters. The van der Waals surface area contributed by atoms with Crippen LogP contribution in [0.3, 0.4) is 0 Å². The van der Waals surface area contributed by atoms with Gasteiger partial charge in [0.1, 0.15) is 5.82 Å². The first-order chi connectivity index (χ1) is 9.32. The van der Waals surface area contributed by atoms with Crippen molar-refractivity contribution in [1.82, 2.24) is 9.97 Å². The number of rotatable bonds is 3. The van der Waals surface area contributed by atoms with Gasteiger partial charge in [0, 0.05) is 26.7 Å². The van der Waals surface area contributed by atoms with Gasteiger partial charge in [-0.05, 0) is 12.8 Å². The first-order valence-corrected chi connectivity index (χ1v) is 6.34. The maximum absolute atomic E-state index is 12.9. The average molecular weight is 290 g/mol. The molecule has 0 amide bonds. The number of anilines is 2. The van der Waals surface area contributed by atoms with Crippen LogP contribution in [0.25, 0.3) is 0 Å². The first kappa shape index (κ1) is 14.8. The van der Waals surface area contributed by atoms with Crippen LogP contribution in [0.5, 0.6) is 0 Å². The quantitative estimate of drug-likeness (QED) is 0.915. The average Bonchev–Trinajstić information content (AvgIpc) is 2.85. The Morgan fingerprint density at radius 1 is 1.40 bits per heavy atom. The van der Waals surface area contributed by atoms with Crippen molar-refractivity contribution in [2.75, 3.05) is 37.0 Å². The van der Waals surface area contributed by atoms with E-state index in [1.54, 1.807) is 19.0 Å². The van der Waals surface area contributed by atoms with Crippen molar-refractivity contribution in [2.45, 2.75) is 25.1 Å². The predicted molar refractivity (Wildman–Crippen MR) is 68.8 cm³/mol. The van der Waals surface area contributed by atoms with E-state index in [9.17, 15) is 18.3 Å². The van der Waals surface area contributed by atoms with Crippen molar-refractivity contribution in [3.63, 3.8) is 0 Å². The highest BCUT2D eigenvalue weighted by molar-refractivity contribution is 5.46. The predicted octanol–water partition coefficient (Wildman–Crippen LogP) is 1.52. The van der Waals surface area contributed by atoms with Gasteiger partial charge in [-0.15, -0.1) is 0 Å². The highest BCUT2D eigenvalue weighted by Crippen LogP contribution is 2.32. The largest absolute Gasteiger partial charge is 0.433 e. The Kier molecular flexibility index (Phi) is 4.03. The molecule has 0 bridgehead atoms. The van der Waals surface area contributed by atoms with Crippen LogP contribution in [0.15, 0.2) is 6.07 Å². The van der Waals surface area contributed by atoms with Crippen LogP contribution in [0.1, 0.15) is 18.5 Å². The number of aromatic nitrogens is 2. The minimum absolute atomic E-state index is 0.0278. The zero-order chi connectivity index (χ0) is 14.9. The molecule has 0 saturated carbocycles. The molecule has 2 rings (SSSR count). The molecule has 0 spiro atoms. The minimum atomic E-state index is -4.52. The monoisotopic (exact) mass is 290 g/mol. The number of nitrogens with zero attached hydrogens (tertiary/aromatic N) is 4. The minimum Gasteiger partial charge on any atom is -0.394 e. The van der Waals surface area contributed by atoms with Crippen LogP contribution >= 0.6 is 0 Å². The number of hydrogen-bond acceptors (Lipinski definition) is 5. The van der Waals surface area contributed by atoms with Gasteiger partial charge in [0.2, 0.25) is 5.95 Å². The van der Waals surface area contributed by atoms with E-state index in [1.807, 2.05) is 0 Å². The summed E-state index contributed by atoms with van der Waals surface area (Å²) < 4.78 is 38.7. The normalized spacial score (nSPS) is 19.5. The zero-order valence-electron chi connectivity index (χ0n) is 11.4. The molecule has 1 saturated heterocycles. The molecule has 1 aliphatic heterocycles. The Morgan fingerprint density at radius 2 is 2.10 bits per heavy atom. The molecule has 20 heavy (non-hydrogen) atoms. The lowest BCUT2D eigenvalue weighted by Crippen LogP contribution is -2.34. The topological polar surface area (TPSA) is 52.5 Å². The molecule has 8 heteroatoms. The summed E-state index contributed by atoms with van der Waals surface area (Å²) in [6.07, 6.45) is -2.98. The fourth-order valence-electron chi connectivity index (χ4n) is 2.21. The van der Waals surface area contributed by atoms with Gasteiger partial charge in [-0.2, -0.15) is 18.2 Å². The standard InChI is InChI=1S/C12H17F3N4O/c1-18(2)10-6-9(12(13,14)15)16-11(17-10)19-5-3-4-8(19)7-20/h6,8,20H,3-5,7H2,1-2H3/t8-/m0/s1. The highest BCUT2D eigenvalue weighted by atomic mass is 19.4. The van der Waals surface area contributed by atoms with E-state index in [0.717, 1.165) is 18.9 Å². The van der Waals surface area contributed by atoms with Crippen molar-refractivity contribution in [1.29, 1.82) is 0 Å². The molecular formula is C12H17F3N4O. The Labute approximate surface area is 115 Å². The maximum Gasteiger partial charge on any atom is 0.433 e. The highest BCUT2D eigenvalue weighted by Gasteiger charge is 2.35. The number of alkyl halides is 3. The summed E-state index contributed by atoms with van der Waals surface area (Å²) >= 11 is 0. The zero-order valence-corrected chi connectivity index (χ0v) is 11.4. The second kappa shape index (κ2) is 5.43. The van der Waals surface area contributed by atoms with Gasteiger partial charge in [0.05, 0.1) is 12.6 Å². The summed E-state index contributed by atoms with van der Waals surface area (Å²) in [6.45, 7) is 0.441. The van der Waals surface area contributed by atoms with Crippen LogP contribution < -0.4 is 9.80 Å². The molecule has 0 radical (unpaired) electrons. The van der Waals surface area contributed by atoms with Gasteiger partial charge in [0.15, 0.2) is 5.69 Å². The third-order valence-corrected chi connectivity index (χ3v) is 3.29. The summed E-state index contributed by atoms with van der Waals surface area (Å²) in [7, 11) is 3.25.